The first kappa shape index (κ1) is 25.7. The van der Waals surface area contributed by atoms with Crippen LogP contribution in [0.1, 0.15) is 46.8 Å². The fourth-order valence-corrected chi connectivity index (χ4v) is 5.50. The fourth-order valence-electron chi connectivity index (χ4n) is 4.92. The molecule has 0 bridgehead atoms. The molecule has 38 heavy (non-hydrogen) atoms. The van der Waals surface area contributed by atoms with Crippen molar-refractivity contribution < 1.29 is 28.2 Å². The molecule has 1 aliphatic heterocycles. The predicted octanol–water partition coefficient (Wildman–Crippen LogP) is 6.31. The first-order valence-electron chi connectivity index (χ1n) is 12.1. The van der Waals surface area contributed by atoms with E-state index in [1.807, 2.05) is 24.3 Å². The number of carbonyl (C=O) groups excluding carboxylic acids is 2. The number of ketones is 1. The van der Waals surface area contributed by atoms with Gasteiger partial charge in [-0.05, 0) is 65.2 Å². The highest BCUT2D eigenvalue weighted by Gasteiger charge is 2.43. The molecule has 0 saturated carbocycles. The lowest BCUT2D eigenvalue weighted by atomic mass is 9.79. The molecule has 0 unspecified atom stereocenters. The second-order valence-corrected chi connectivity index (χ2v) is 9.78. The maximum Gasteiger partial charge on any atom is 0.336 e. The Morgan fingerprint density at radius 1 is 1.08 bits per heavy atom. The number of Topliss-reactive ketones (excluding diaryl/α,β-unsaturated/α-hetero) is 1. The molecule has 0 saturated heterocycles. The highest BCUT2D eigenvalue weighted by Crippen LogP contribution is 2.49. The van der Waals surface area contributed by atoms with Crippen LogP contribution in [0, 0.1) is 5.82 Å². The van der Waals surface area contributed by atoms with Crippen molar-refractivity contribution in [3.8, 4) is 11.5 Å². The summed E-state index contributed by atoms with van der Waals surface area (Å²) in [6.45, 7) is 3.94. The van der Waals surface area contributed by atoms with Gasteiger partial charge in [0.2, 0.25) is 0 Å². The normalized spacial score (nSPS) is 16.1. The Bertz CT molecular complexity index is 1510. The van der Waals surface area contributed by atoms with Gasteiger partial charge >= 0.3 is 5.97 Å². The summed E-state index contributed by atoms with van der Waals surface area (Å²) in [7, 11) is 1.52. The van der Waals surface area contributed by atoms with E-state index in [0.717, 1.165) is 11.1 Å². The van der Waals surface area contributed by atoms with Gasteiger partial charge in [-0.3, -0.25) is 4.79 Å². The smallest absolute Gasteiger partial charge is 0.336 e. The lowest BCUT2D eigenvalue weighted by Crippen LogP contribution is -2.29. The van der Waals surface area contributed by atoms with Crippen LogP contribution in [0.25, 0.3) is 5.70 Å². The largest absolute Gasteiger partial charge is 0.493 e. The Morgan fingerprint density at radius 3 is 2.47 bits per heavy atom. The van der Waals surface area contributed by atoms with Gasteiger partial charge in [0.15, 0.2) is 17.3 Å². The molecule has 3 aromatic carbocycles. The average molecular weight is 578 g/mol. The van der Waals surface area contributed by atoms with E-state index in [1.54, 1.807) is 38.1 Å². The highest BCUT2D eigenvalue weighted by molar-refractivity contribution is 9.10. The van der Waals surface area contributed by atoms with Crippen molar-refractivity contribution in [2.24, 2.45) is 0 Å². The van der Waals surface area contributed by atoms with E-state index in [9.17, 15) is 14.0 Å². The first-order chi connectivity index (χ1) is 18.3. The number of carbonyl (C=O) groups is 2. The van der Waals surface area contributed by atoms with Crippen molar-refractivity contribution in [1.82, 2.24) is 5.32 Å². The Kier molecular flexibility index (Phi) is 7.08. The van der Waals surface area contributed by atoms with Crippen LogP contribution in [-0.2, 0) is 16.1 Å². The third-order valence-corrected chi connectivity index (χ3v) is 7.21. The molecule has 6 nitrogen and oxygen atoms in total. The number of hydrogen-bond donors (Lipinski definition) is 1. The number of halogens is 2. The second kappa shape index (κ2) is 10.5. The Hall–Kier alpha value is -3.91. The van der Waals surface area contributed by atoms with Gasteiger partial charge in [0.25, 0.3) is 0 Å². The molecule has 5 rings (SSSR count). The van der Waals surface area contributed by atoms with Crippen LogP contribution >= 0.6 is 15.9 Å². The highest BCUT2D eigenvalue weighted by atomic mass is 79.9. The van der Waals surface area contributed by atoms with E-state index in [1.165, 1.54) is 19.2 Å². The number of benzene rings is 3. The standard InChI is InChI=1S/C30H25BrFNO5/c1-4-37-30(35)24-16(2)33-27-20-7-5-6-8-21(20)28(34)26(27)25(24)18-13-22(31)29(23(14-18)36-3)38-15-17-9-11-19(32)12-10-17/h5-14,25,33H,4,15H2,1-3H3/t25-/m1/s1. The van der Waals surface area contributed by atoms with E-state index in [2.05, 4.69) is 21.2 Å². The van der Waals surface area contributed by atoms with Gasteiger partial charge in [-0.1, -0.05) is 36.4 Å². The minimum atomic E-state index is -0.693. The Morgan fingerprint density at radius 2 is 1.79 bits per heavy atom. The molecule has 1 atom stereocenters. The molecule has 0 amide bonds. The average Bonchev–Trinajstić information content (AvgIpc) is 3.19. The van der Waals surface area contributed by atoms with Crippen molar-refractivity contribution in [1.29, 1.82) is 0 Å². The van der Waals surface area contributed by atoms with Crippen molar-refractivity contribution >= 4 is 33.4 Å². The number of rotatable bonds is 7. The molecule has 1 N–H and O–H groups in total. The lowest BCUT2D eigenvalue weighted by molar-refractivity contribution is -0.138. The van der Waals surface area contributed by atoms with E-state index in [4.69, 9.17) is 14.2 Å². The van der Waals surface area contributed by atoms with E-state index >= 15 is 0 Å². The molecule has 0 radical (unpaired) electrons. The van der Waals surface area contributed by atoms with E-state index in [0.29, 0.717) is 49.6 Å². The zero-order valence-corrected chi connectivity index (χ0v) is 22.6. The third-order valence-electron chi connectivity index (χ3n) is 6.63. The third kappa shape index (κ3) is 4.49. The summed E-state index contributed by atoms with van der Waals surface area (Å²) in [6.07, 6.45) is 0. The zero-order valence-electron chi connectivity index (χ0n) is 21.1. The molecule has 3 aromatic rings. The Balaban J connectivity index is 1.60. The summed E-state index contributed by atoms with van der Waals surface area (Å²) in [5.41, 5.74) is 4.98. The first-order valence-corrected chi connectivity index (χ1v) is 12.9. The predicted molar refractivity (Wildman–Crippen MR) is 144 cm³/mol. The molecule has 1 heterocycles. The van der Waals surface area contributed by atoms with Crippen molar-refractivity contribution in [2.45, 2.75) is 26.4 Å². The Labute approximate surface area is 228 Å². The number of allylic oxidation sites excluding steroid dienone is 2. The molecule has 1 aliphatic carbocycles. The van der Waals surface area contributed by atoms with Gasteiger partial charge in [0.1, 0.15) is 12.4 Å². The van der Waals surface area contributed by atoms with Crippen LogP contribution in [0.2, 0.25) is 0 Å². The quantitative estimate of drug-likeness (QED) is 0.332. The van der Waals surface area contributed by atoms with E-state index in [-0.39, 0.29) is 24.8 Å². The summed E-state index contributed by atoms with van der Waals surface area (Å²) >= 11 is 3.60. The van der Waals surface area contributed by atoms with Crippen molar-refractivity contribution in [3.63, 3.8) is 0 Å². The monoisotopic (exact) mass is 577 g/mol. The molecule has 194 valence electrons. The molecule has 8 heteroatoms. The van der Waals surface area contributed by atoms with E-state index < -0.39 is 11.9 Å². The van der Waals surface area contributed by atoms with Gasteiger partial charge in [-0.2, -0.15) is 0 Å². The van der Waals surface area contributed by atoms with Crippen molar-refractivity contribution in [3.05, 3.63) is 110 Å². The molecule has 0 aromatic heterocycles. The van der Waals surface area contributed by atoms with Gasteiger partial charge < -0.3 is 19.5 Å². The summed E-state index contributed by atoms with van der Waals surface area (Å²) in [5, 5.41) is 3.29. The van der Waals surface area contributed by atoms with Gasteiger partial charge in [0, 0.05) is 28.3 Å². The molecule has 0 spiro atoms. The maximum absolute atomic E-state index is 13.7. The zero-order chi connectivity index (χ0) is 27.0. The summed E-state index contributed by atoms with van der Waals surface area (Å²) < 4.78 is 31.0. The topological polar surface area (TPSA) is 73.9 Å². The minimum absolute atomic E-state index is 0.144. The minimum Gasteiger partial charge on any atom is -0.493 e. The van der Waals surface area contributed by atoms with Crippen LogP contribution < -0.4 is 14.8 Å². The summed E-state index contributed by atoms with van der Waals surface area (Å²) in [5.74, 6) is -0.791. The molecular weight excluding hydrogens is 553 g/mol. The summed E-state index contributed by atoms with van der Waals surface area (Å²) in [6, 6.07) is 17.0. The maximum atomic E-state index is 13.7. The number of fused-ring (bicyclic) bond motifs is 2. The number of esters is 1. The second-order valence-electron chi connectivity index (χ2n) is 8.93. The van der Waals surface area contributed by atoms with Crippen molar-refractivity contribution in [2.75, 3.05) is 13.7 Å². The molecule has 2 aliphatic rings. The van der Waals surface area contributed by atoms with Crippen LogP contribution in [0.5, 0.6) is 11.5 Å². The molecular formula is C30H25BrFNO5. The van der Waals surface area contributed by atoms with Gasteiger partial charge in [0.05, 0.1) is 29.5 Å². The fraction of sp³-hybridized carbons (Fsp3) is 0.200. The number of ether oxygens (including phenoxy) is 3. The number of methoxy groups -OCH3 is 1. The molecule has 0 fully saturated rings. The van der Waals surface area contributed by atoms with Crippen LogP contribution in [0.4, 0.5) is 4.39 Å². The summed E-state index contributed by atoms with van der Waals surface area (Å²) in [4.78, 5) is 26.9. The lowest BCUT2D eigenvalue weighted by Gasteiger charge is -2.30. The van der Waals surface area contributed by atoms with Crippen LogP contribution in [0.3, 0.4) is 0 Å². The van der Waals surface area contributed by atoms with Gasteiger partial charge in [-0.15, -0.1) is 0 Å². The van der Waals surface area contributed by atoms with Gasteiger partial charge in [-0.25, -0.2) is 9.18 Å². The number of dihydropyridines is 1. The SMILES string of the molecule is CCOC(=O)C1=C(C)NC2=C(C(=O)c3ccccc32)[C@@H]1c1cc(Br)c(OCc2ccc(F)cc2)c(OC)c1. The number of hydrogen-bond acceptors (Lipinski definition) is 6. The van der Waals surface area contributed by atoms with Crippen LogP contribution in [-0.4, -0.2) is 25.5 Å². The van der Waals surface area contributed by atoms with Crippen LogP contribution in [0.15, 0.2) is 82.0 Å². The number of nitrogens with one attached hydrogen (secondary N) is 1.